The first kappa shape index (κ1) is 13.3. The van der Waals surface area contributed by atoms with Gasteiger partial charge < -0.3 is 14.5 Å². The molecule has 0 fully saturated rings. The Morgan fingerprint density at radius 3 is 2.89 bits per heavy atom. The Hall–Kier alpha value is -2.17. The molecule has 1 N–H and O–H groups in total. The number of ketones is 1. The van der Waals surface area contributed by atoms with Crippen LogP contribution >= 0.6 is 0 Å². The quantitative estimate of drug-likeness (QED) is 0.901. The summed E-state index contributed by atoms with van der Waals surface area (Å²) in [4.78, 5) is 18.2. The van der Waals surface area contributed by atoms with Crippen molar-refractivity contribution in [3.8, 4) is 17.0 Å². The standard InChI is InChI=1S/C14H15FN2O2/c1-9(18)3-6-14-16-8-12(17-14)10-4-5-13(19-2)11(15)7-10/h4-5,7-8H,3,6H2,1-2H3,(H,16,17). The summed E-state index contributed by atoms with van der Waals surface area (Å²) in [6.07, 6.45) is 2.65. The minimum Gasteiger partial charge on any atom is -0.494 e. The molecule has 0 saturated heterocycles. The van der Waals surface area contributed by atoms with E-state index in [0.717, 1.165) is 11.5 Å². The van der Waals surface area contributed by atoms with E-state index in [1.165, 1.54) is 13.2 Å². The minimum atomic E-state index is -0.417. The molecule has 0 unspecified atom stereocenters. The molecule has 100 valence electrons. The van der Waals surface area contributed by atoms with Gasteiger partial charge >= 0.3 is 0 Å². The molecule has 0 aliphatic rings. The van der Waals surface area contributed by atoms with Gasteiger partial charge in [0.15, 0.2) is 11.6 Å². The summed E-state index contributed by atoms with van der Waals surface area (Å²) in [5.74, 6) is 0.634. The topological polar surface area (TPSA) is 55.0 Å². The SMILES string of the molecule is COc1ccc(-c2cnc(CCC(C)=O)[nH]2)cc1F. The van der Waals surface area contributed by atoms with Crippen molar-refractivity contribution in [1.29, 1.82) is 0 Å². The fraction of sp³-hybridized carbons (Fsp3) is 0.286. The second kappa shape index (κ2) is 5.65. The highest BCUT2D eigenvalue weighted by atomic mass is 19.1. The van der Waals surface area contributed by atoms with Gasteiger partial charge in [-0.25, -0.2) is 9.37 Å². The number of hydrogen-bond acceptors (Lipinski definition) is 3. The number of methoxy groups -OCH3 is 1. The molecule has 0 saturated carbocycles. The molecule has 0 bridgehead atoms. The number of aryl methyl sites for hydroxylation is 1. The van der Waals surface area contributed by atoms with Gasteiger partial charge in [-0.2, -0.15) is 0 Å². The van der Waals surface area contributed by atoms with Crippen LogP contribution in [0.2, 0.25) is 0 Å². The fourth-order valence-electron chi connectivity index (χ4n) is 1.76. The Bertz CT molecular complexity index is 593. The lowest BCUT2D eigenvalue weighted by Crippen LogP contribution is -1.95. The molecule has 0 aliphatic heterocycles. The first-order chi connectivity index (χ1) is 9.10. The number of carbonyl (C=O) groups excluding carboxylic acids is 1. The highest BCUT2D eigenvalue weighted by Gasteiger charge is 2.08. The number of hydrogen-bond donors (Lipinski definition) is 1. The maximum Gasteiger partial charge on any atom is 0.165 e. The number of nitrogens with one attached hydrogen (secondary N) is 1. The minimum absolute atomic E-state index is 0.119. The third-order valence-corrected chi connectivity index (χ3v) is 2.81. The third-order valence-electron chi connectivity index (χ3n) is 2.81. The Balaban J connectivity index is 2.18. The number of nitrogens with zero attached hydrogens (tertiary/aromatic N) is 1. The van der Waals surface area contributed by atoms with E-state index < -0.39 is 5.82 Å². The fourth-order valence-corrected chi connectivity index (χ4v) is 1.76. The van der Waals surface area contributed by atoms with E-state index in [1.54, 1.807) is 25.3 Å². The van der Waals surface area contributed by atoms with Crippen molar-refractivity contribution in [3.05, 3.63) is 36.0 Å². The zero-order chi connectivity index (χ0) is 13.8. The Morgan fingerprint density at radius 2 is 2.26 bits per heavy atom. The van der Waals surface area contributed by atoms with Gasteiger partial charge in [-0.05, 0) is 25.1 Å². The number of aromatic nitrogens is 2. The van der Waals surface area contributed by atoms with Crippen molar-refractivity contribution in [2.75, 3.05) is 7.11 Å². The van der Waals surface area contributed by atoms with Gasteiger partial charge in [0.05, 0.1) is 19.0 Å². The van der Waals surface area contributed by atoms with E-state index in [0.29, 0.717) is 18.4 Å². The van der Waals surface area contributed by atoms with Crippen molar-refractivity contribution in [3.63, 3.8) is 0 Å². The maximum absolute atomic E-state index is 13.6. The number of ether oxygens (including phenoxy) is 1. The van der Waals surface area contributed by atoms with Crippen LogP contribution in [-0.4, -0.2) is 22.9 Å². The van der Waals surface area contributed by atoms with Crippen LogP contribution in [0.5, 0.6) is 5.75 Å². The average molecular weight is 262 g/mol. The Kier molecular flexibility index (Phi) is 3.94. The highest BCUT2D eigenvalue weighted by Crippen LogP contribution is 2.24. The summed E-state index contributed by atoms with van der Waals surface area (Å²) >= 11 is 0. The number of imidazole rings is 1. The summed E-state index contributed by atoms with van der Waals surface area (Å²) in [7, 11) is 1.42. The Morgan fingerprint density at radius 1 is 1.47 bits per heavy atom. The average Bonchev–Trinajstić information content (AvgIpc) is 2.85. The van der Waals surface area contributed by atoms with Gasteiger partial charge in [0.1, 0.15) is 11.6 Å². The van der Waals surface area contributed by atoms with Crippen molar-refractivity contribution < 1.29 is 13.9 Å². The normalized spacial score (nSPS) is 10.5. The monoisotopic (exact) mass is 262 g/mol. The van der Waals surface area contributed by atoms with E-state index in [-0.39, 0.29) is 11.5 Å². The van der Waals surface area contributed by atoms with Gasteiger partial charge in [0.25, 0.3) is 0 Å². The first-order valence-electron chi connectivity index (χ1n) is 5.97. The molecule has 2 rings (SSSR count). The third kappa shape index (κ3) is 3.19. The number of Topliss-reactive ketones (excluding diaryl/α,β-unsaturated/α-hetero) is 1. The predicted molar refractivity (Wildman–Crippen MR) is 69.5 cm³/mol. The van der Waals surface area contributed by atoms with E-state index in [2.05, 4.69) is 9.97 Å². The maximum atomic E-state index is 13.6. The van der Waals surface area contributed by atoms with Gasteiger partial charge in [-0.1, -0.05) is 0 Å². The molecule has 0 radical (unpaired) electrons. The molecular weight excluding hydrogens is 247 g/mol. The number of halogens is 1. The van der Waals surface area contributed by atoms with Crippen molar-refractivity contribution in [2.45, 2.75) is 19.8 Å². The summed E-state index contributed by atoms with van der Waals surface area (Å²) in [5.41, 5.74) is 1.42. The number of rotatable bonds is 5. The molecule has 1 aromatic heterocycles. The van der Waals surface area contributed by atoms with E-state index >= 15 is 0 Å². The lowest BCUT2D eigenvalue weighted by molar-refractivity contribution is -0.117. The van der Waals surface area contributed by atoms with Crippen molar-refractivity contribution >= 4 is 5.78 Å². The first-order valence-corrected chi connectivity index (χ1v) is 5.97. The van der Waals surface area contributed by atoms with Crippen LogP contribution in [0.4, 0.5) is 4.39 Å². The molecule has 2 aromatic rings. The largest absolute Gasteiger partial charge is 0.494 e. The molecule has 19 heavy (non-hydrogen) atoms. The number of H-pyrrole nitrogens is 1. The molecule has 0 amide bonds. The molecule has 0 atom stereocenters. The summed E-state index contributed by atoms with van der Waals surface area (Å²) in [5, 5.41) is 0. The summed E-state index contributed by atoms with van der Waals surface area (Å²) < 4.78 is 18.5. The Labute approximate surface area is 110 Å². The molecule has 5 heteroatoms. The molecule has 1 heterocycles. The van der Waals surface area contributed by atoms with Gasteiger partial charge in [-0.3, -0.25) is 0 Å². The van der Waals surface area contributed by atoms with Crippen LogP contribution in [0.3, 0.4) is 0 Å². The number of aromatic amines is 1. The van der Waals surface area contributed by atoms with Gasteiger partial charge in [-0.15, -0.1) is 0 Å². The molecular formula is C14H15FN2O2. The van der Waals surface area contributed by atoms with Crippen LogP contribution in [-0.2, 0) is 11.2 Å². The second-order valence-corrected chi connectivity index (χ2v) is 4.29. The van der Waals surface area contributed by atoms with Crippen LogP contribution in [0.15, 0.2) is 24.4 Å². The lowest BCUT2D eigenvalue weighted by Gasteiger charge is -2.03. The molecule has 0 spiro atoms. The van der Waals surface area contributed by atoms with Crippen molar-refractivity contribution in [1.82, 2.24) is 9.97 Å². The molecule has 1 aromatic carbocycles. The molecule has 0 aliphatic carbocycles. The second-order valence-electron chi connectivity index (χ2n) is 4.29. The van der Waals surface area contributed by atoms with Crippen LogP contribution in [0.1, 0.15) is 19.2 Å². The summed E-state index contributed by atoms with van der Waals surface area (Å²) in [6.45, 7) is 1.54. The van der Waals surface area contributed by atoms with Gasteiger partial charge in [0.2, 0.25) is 0 Å². The van der Waals surface area contributed by atoms with Crippen LogP contribution < -0.4 is 4.74 Å². The summed E-state index contributed by atoms with van der Waals surface area (Å²) in [6, 6.07) is 4.71. The predicted octanol–water partition coefficient (Wildman–Crippen LogP) is 2.75. The lowest BCUT2D eigenvalue weighted by atomic mass is 10.1. The zero-order valence-electron chi connectivity index (χ0n) is 10.9. The van der Waals surface area contributed by atoms with E-state index in [9.17, 15) is 9.18 Å². The number of benzene rings is 1. The smallest absolute Gasteiger partial charge is 0.165 e. The van der Waals surface area contributed by atoms with E-state index in [1.807, 2.05) is 0 Å². The molecule has 4 nitrogen and oxygen atoms in total. The van der Waals surface area contributed by atoms with Gasteiger partial charge in [0, 0.05) is 18.4 Å². The highest BCUT2D eigenvalue weighted by molar-refractivity contribution is 5.75. The van der Waals surface area contributed by atoms with Crippen LogP contribution in [0.25, 0.3) is 11.3 Å². The number of carbonyl (C=O) groups is 1. The van der Waals surface area contributed by atoms with Crippen molar-refractivity contribution in [2.24, 2.45) is 0 Å². The van der Waals surface area contributed by atoms with Crippen LogP contribution in [0, 0.1) is 5.82 Å². The van der Waals surface area contributed by atoms with E-state index in [4.69, 9.17) is 4.74 Å². The zero-order valence-corrected chi connectivity index (χ0v) is 10.9.